The minimum Gasteiger partial charge on any atom is -0.494 e. The van der Waals surface area contributed by atoms with E-state index in [1.165, 1.54) is 0 Å². The molecule has 0 atom stereocenters. The summed E-state index contributed by atoms with van der Waals surface area (Å²) in [6.07, 6.45) is 1.66. The molecular weight excluding hydrogens is 270 g/mol. The number of carboxylic acids is 1. The number of benzene rings is 1. The Morgan fingerprint density at radius 3 is 2.33 bits per heavy atom. The quantitative estimate of drug-likeness (QED) is 0.711. The van der Waals surface area contributed by atoms with Crippen molar-refractivity contribution in [2.24, 2.45) is 0 Å². The summed E-state index contributed by atoms with van der Waals surface area (Å²) in [5, 5.41) is 8.54. The number of ether oxygens (including phenoxy) is 1. The van der Waals surface area contributed by atoms with Crippen molar-refractivity contribution in [3.63, 3.8) is 0 Å². The van der Waals surface area contributed by atoms with Crippen LogP contribution >= 0.6 is 0 Å². The van der Waals surface area contributed by atoms with E-state index in [2.05, 4.69) is 0 Å². The van der Waals surface area contributed by atoms with Crippen molar-refractivity contribution in [2.75, 3.05) is 13.7 Å². The number of aliphatic carboxylic acids is 1. The third-order valence-electron chi connectivity index (χ3n) is 3.11. The van der Waals surface area contributed by atoms with Crippen molar-refractivity contribution in [1.82, 2.24) is 4.90 Å². The van der Waals surface area contributed by atoms with Crippen molar-refractivity contribution in [2.45, 2.75) is 39.2 Å². The summed E-state index contributed by atoms with van der Waals surface area (Å²) >= 11 is 0. The van der Waals surface area contributed by atoms with Crippen molar-refractivity contribution in [3.8, 4) is 5.75 Å². The molecule has 0 heterocycles. The third-order valence-corrected chi connectivity index (χ3v) is 3.11. The summed E-state index contributed by atoms with van der Waals surface area (Å²) in [6.45, 7) is 3.11. The number of unbranched alkanes of at least 4 members (excludes halogenated alkanes) is 1. The minimum absolute atomic E-state index is 0.0364. The van der Waals surface area contributed by atoms with Crippen LogP contribution < -0.4 is 4.74 Å². The van der Waals surface area contributed by atoms with Crippen LogP contribution in [-0.4, -0.2) is 35.5 Å². The third kappa shape index (κ3) is 6.79. The van der Waals surface area contributed by atoms with Gasteiger partial charge in [0.1, 0.15) is 5.75 Å². The van der Waals surface area contributed by atoms with E-state index < -0.39 is 5.97 Å². The van der Waals surface area contributed by atoms with Gasteiger partial charge in [-0.25, -0.2) is 0 Å². The lowest BCUT2D eigenvalue weighted by Crippen LogP contribution is -2.25. The molecule has 0 radical (unpaired) electrons. The number of amides is 1. The average Bonchev–Trinajstić information content (AvgIpc) is 2.45. The standard InChI is InChI=1S/C16H23NO4/c1-3-21-14-10-8-13(9-11-14)12-17(2)15(18)6-4-5-7-16(19)20/h8-11H,3-7,12H2,1-2H3,(H,19,20). The molecule has 1 aromatic rings. The zero-order valence-electron chi connectivity index (χ0n) is 12.7. The molecule has 116 valence electrons. The first-order valence-corrected chi connectivity index (χ1v) is 7.20. The lowest BCUT2D eigenvalue weighted by Gasteiger charge is -2.17. The number of rotatable bonds is 9. The Bertz CT molecular complexity index is 456. The number of hydrogen-bond acceptors (Lipinski definition) is 3. The van der Waals surface area contributed by atoms with Gasteiger partial charge >= 0.3 is 5.97 Å². The highest BCUT2D eigenvalue weighted by atomic mass is 16.5. The van der Waals surface area contributed by atoms with Gasteiger partial charge in [-0.1, -0.05) is 12.1 Å². The first-order valence-electron chi connectivity index (χ1n) is 7.20. The maximum absolute atomic E-state index is 11.9. The van der Waals surface area contributed by atoms with Crippen molar-refractivity contribution in [1.29, 1.82) is 0 Å². The Kier molecular flexibility index (Phi) is 7.29. The van der Waals surface area contributed by atoms with Crippen LogP contribution in [0.2, 0.25) is 0 Å². The molecule has 5 nitrogen and oxygen atoms in total. The van der Waals surface area contributed by atoms with Crippen molar-refractivity contribution < 1.29 is 19.4 Å². The van der Waals surface area contributed by atoms with Gasteiger partial charge < -0.3 is 14.7 Å². The highest BCUT2D eigenvalue weighted by Crippen LogP contribution is 2.14. The molecule has 0 fully saturated rings. The van der Waals surface area contributed by atoms with Crippen LogP contribution in [0.4, 0.5) is 0 Å². The molecule has 0 saturated carbocycles. The Morgan fingerprint density at radius 1 is 1.14 bits per heavy atom. The fourth-order valence-corrected chi connectivity index (χ4v) is 1.96. The molecule has 0 aromatic heterocycles. The van der Waals surface area contributed by atoms with E-state index in [4.69, 9.17) is 9.84 Å². The monoisotopic (exact) mass is 293 g/mol. The van der Waals surface area contributed by atoms with Gasteiger partial charge in [0.15, 0.2) is 0 Å². The fraction of sp³-hybridized carbons (Fsp3) is 0.500. The molecule has 0 spiro atoms. The normalized spacial score (nSPS) is 10.2. The first-order chi connectivity index (χ1) is 10.0. The molecule has 1 aromatic carbocycles. The van der Waals surface area contributed by atoms with Gasteiger partial charge in [-0.15, -0.1) is 0 Å². The molecule has 0 unspecified atom stereocenters. The summed E-state index contributed by atoms with van der Waals surface area (Å²) in [4.78, 5) is 24.0. The van der Waals surface area contributed by atoms with Crippen LogP contribution in [0.15, 0.2) is 24.3 Å². The van der Waals surface area contributed by atoms with E-state index in [-0.39, 0.29) is 12.3 Å². The second kappa shape index (κ2) is 9.00. The maximum Gasteiger partial charge on any atom is 0.303 e. The van der Waals surface area contributed by atoms with Crippen LogP contribution in [0.25, 0.3) is 0 Å². The molecule has 0 aliphatic rings. The Morgan fingerprint density at radius 2 is 1.76 bits per heavy atom. The Balaban J connectivity index is 2.35. The second-order valence-electron chi connectivity index (χ2n) is 4.93. The molecule has 1 rings (SSSR count). The predicted octanol–water partition coefficient (Wildman–Crippen LogP) is 2.69. The number of nitrogens with zero attached hydrogens (tertiary/aromatic N) is 1. The lowest BCUT2D eigenvalue weighted by molar-refractivity contribution is -0.137. The zero-order valence-corrected chi connectivity index (χ0v) is 12.7. The van der Waals surface area contributed by atoms with E-state index in [0.29, 0.717) is 32.4 Å². The molecule has 1 N–H and O–H groups in total. The van der Waals surface area contributed by atoms with Crippen molar-refractivity contribution >= 4 is 11.9 Å². The van der Waals surface area contributed by atoms with Crippen molar-refractivity contribution in [3.05, 3.63) is 29.8 Å². The van der Waals surface area contributed by atoms with Crippen LogP contribution in [0, 0.1) is 0 Å². The zero-order chi connectivity index (χ0) is 15.7. The van der Waals surface area contributed by atoms with Gasteiger partial charge in [0, 0.05) is 26.4 Å². The van der Waals surface area contributed by atoms with Crippen LogP contribution in [-0.2, 0) is 16.1 Å². The van der Waals surface area contributed by atoms with E-state index in [9.17, 15) is 9.59 Å². The number of carboxylic acid groups (broad SMARTS) is 1. The van der Waals surface area contributed by atoms with Gasteiger partial charge in [0.2, 0.25) is 5.91 Å². The number of carbonyl (C=O) groups excluding carboxylic acids is 1. The molecular formula is C16H23NO4. The average molecular weight is 293 g/mol. The van der Waals surface area contributed by atoms with E-state index in [1.54, 1.807) is 11.9 Å². The summed E-state index contributed by atoms with van der Waals surface area (Å²) in [5.74, 6) is 0.0448. The van der Waals surface area contributed by atoms with Crippen LogP contribution in [0.1, 0.15) is 38.2 Å². The summed E-state index contributed by atoms with van der Waals surface area (Å²) in [5.41, 5.74) is 1.04. The van der Waals surface area contributed by atoms with Crippen LogP contribution in [0.3, 0.4) is 0 Å². The van der Waals surface area contributed by atoms with E-state index in [0.717, 1.165) is 11.3 Å². The summed E-state index contributed by atoms with van der Waals surface area (Å²) in [6, 6.07) is 7.67. The molecule has 0 aliphatic heterocycles. The van der Waals surface area contributed by atoms with Gasteiger partial charge in [-0.05, 0) is 37.5 Å². The molecule has 0 saturated heterocycles. The van der Waals surface area contributed by atoms with E-state index in [1.807, 2.05) is 31.2 Å². The Hall–Kier alpha value is -2.04. The lowest BCUT2D eigenvalue weighted by atomic mass is 10.1. The fourth-order valence-electron chi connectivity index (χ4n) is 1.96. The van der Waals surface area contributed by atoms with Gasteiger partial charge in [-0.3, -0.25) is 9.59 Å². The molecule has 0 bridgehead atoms. The molecule has 1 amide bonds. The van der Waals surface area contributed by atoms with Crippen LogP contribution in [0.5, 0.6) is 5.75 Å². The SMILES string of the molecule is CCOc1ccc(CN(C)C(=O)CCCCC(=O)O)cc1. The largest absolute Gasteiger partial charge is 0.494 e. The van der Waals surface area contributed by atoms with E-state index >= 15 is 0 Å². The highest BCUT2D eigenvalue weighted by Gasteiger charge is 2.09. The Labute approximate surface area is 125 Å². The van der Waals surface area contributed by atoms with Gasteiger partial charge in [0.25, 0.3) is 0 Å². The summed E-state index contributed by atoms with van der Waals surface area (Å²) in [7, 11) is 1.76. The number of carbonyl (C=O) groups is 2. The highest BCUT2D eigenvalue weighted by molar-refractivity contribution is 5.75. The first kappa shape index (κ1) is 17.0. The topological polar surface area (TPSA) is 66.8 Å². The number of hydrogen-bond donors (Lipinski definition) is 1. The molecule has 5 heteroatoms. The second-order valence-corrected chi connectivity index (χ2v) is 4.93. The predicted molar refractivity (Wildman–Crippen MR) is 80.2 cm³/mol. The van der Waals surface area contributed by atoms with Gasteiger partial charge in [-0.2, -0.15) is 0 Å². The molecule has 21 heavy (non-hydrogen) atoms. The minimum atomic E-state index is -0.815. The van der Waals surface area contributed by atoms with Gasteiger partial charge in [0.05, 0.1) is 6.61 Å². The smallest absolute Gasteiger partial charge is 0.303 e. The maximum atomic E-state index is 11.9. The summed E-state index contributed by atoms with van der Waals surface area (Å²) < 4.78 is 5.37. The molecule has 0 aliphatic carbocycles.